The quantitative estimate of drug-likeness (QED) is 0.498. The van der Waals surface area contributed by atoms with E-state index in [9.17, 15) is 8.42 Å². The fourth-order valence-electron chi connectivity index (χ4n) is 2.02. The van der Waals surface area contributed by atoms with Gasteiger partial charge in [-0.3, -0.25) is 0 Å². The van der Waals surface area contributed by atoms with E-state index in [0.717, 1.165) is 18.0 Å². The molecule has 3 rings (SSSR count). The first kappa shape index (κ1) is 17.8. The Bertz CT molecular complexity index is 944. The van der Waals surface area contributed by atoms with Crippen molar-refractivity contribution in [1.29, 1.82) is 0 Å². The second-order valence-electron chi connectivity index (χ2n) is 5.33. The first-order valence-corrected chi connectivity index (χ1v) is 9.17. The lowest BCUT2D eigenvalue weighted by Crippen LogP contribution is -2.28. The molecular weight excluding hydrogens is 358 g/mol. The maximum atomic E-state index is 11.9. The van der Waals surface area contributed by atoms with E-state index in [4.69, 9.17) is 0 Å². The number of nitrogens with one attached hydrogen (secondary N) is 3. The Morgan fingerprint density at radius 1 is 1.08 bits per heavy atom. The summed E-state index contributed by atoms with van der Waals surface area (Å²) in [5.41, 5.74) is 1.09. The number of hydrogen-bond acceptors (Lipinski definition) is 9. The molecule has 10 nitrogen and oxygen atoms in total. The van der Waals surface area contributed by atoms with Crippen LogP contribution in [0.1, 0.15) is 5.56 Å². The minimum Gasteiger partial charge on any atom is -0.367 e. The highest BCUT2D eigenvalue weighted by Gasteiger charge is 2.15. The number of rotatable bonds is 8. The fraction of sp³-hybridized carbons (Fsp3) is 0.200. The lowest BCUT2D eigenvalue weighted by molar-refractivity contribution is 0.417. The summed E-state index contributed by atoms with van der Waals surface area (Å²) in [6, 6.07) is 7.29. The largest absolute Gasteiger partial charge is 0.367 e. The lowest BCUT2D eigenvalue weighted by Gasteiger charge is -2.08. The van der Waals surface area contributed by atoms with Gasteiger partial charge in [0, 0.05) is 19.3 Å². The van der Waals surface area contributed by atoms with Crippen molar-refractivity contribution in [3.8, 4) is 0 Å². The van der Waals surface area contributed by atoms with Crippen molar-refractivity contribution in [3.63, 3.8) is 0 Å². The Kier molecular flexibility index (Phi) is 5.39. The van der Waals surface area contributed by atoms with Gasteiger partial charge >= 0.3 is 0 Å². The van der Waals surface area contributed by atoms with Crippen LogP contribution in [0, 0.1) is 6.92 Å². The topological polar surface area (TPSA) is 135 Å². The average molecular weight is 375 g/mol. The van der Waals surface area contributed by atoms with Crippen LogP contribution in [0.5, 0.6) is 0 Å². The molecule has 0 radical (unpaired) electrons. The van der Waals surface area contributed by atoms with Gasteiger partial charge in [0.25, 0.3) is 0 Å². The number of aromatic nitrogens is 4. The molecule has 0 unspecified atom stereocenters. The molecule has 0 bridgehead atoms. The molecule has 0 aromatic carbocycles. The summed E-state index contributed by atoms with van der Waals surface area (Å²) in [5, 5.41) is 17.5. The minimum atomic E-state index is -3.62. The number of hydrogen-bond donors (Lipinski definition) is 3. The summed E-state index contributed by atoms with van der Waals surface area (Å²) in [7, 11) is -3.62. The maximum absolute atomic E-state index is 11.9. The molecular formula is C15H17N7O3S. The molecule has 0 fully saturated rings. The maximum Gasteiger partial charge on any atom is 0.245 e. The second-order valence-corrected chi connectivity index (χ2v) is 7.10. The Morgan fingerprint density at radius 2 is 1.88 bits per heavy atom. The van der Waals surface area contributed by atoms with Gasteiger partial charge in [-0.15, -0.1) is 10.2 Å². The molecule has 3 heterocycles. The first-order chi connectivity index (χ1) is 12.5. The van der Waals surface area contributed by atoms with E-state index in [1.165, 1.54) is 0 Å². The van der Waals surface area contributed by atoms with E-state index in [0.29, 0.717) is 24.0 Å². The van der Waals surface area contributed by atoms with Crippen molar-refractivity contribution in [3.05, 3.63) is 48.5 Å². The second kappa shape index (κ2) is 7.89. The molecule has 3 N–H and O–H groups in total. The van der Waals surface area contributed by atoms with Crippen LogP contribution in [-0.2, 0) is 10.0 Å². The summed E-state index contributed by atoms with van der Waals surface area (Å²) in [5.74, 6) is 1.77. The predicted molar refractivity (Wildman–Crippen MR) is 94.5 cm³/mol. The van der Waals surface area contributed by atoms with Gasteiger partial charge in [0.2, 0.25) is 10.0 Å². The van der Waals surface area contributed by atoms with Gasteiger partial charge in [-0.1, -0.05) is 5.16 Å². The van der Waals surface area contributed by atoms with Crippen molar-refractivity contribution in [2.45, 2.75) is 11.8 Å². The van der Waals surface area contributed by atoms with Crippen molar-refractivity contribution in [2.24, 2.45) is 0 Å². The third-order valence-corrected chi connectivity index (χ3v) is 4.69. The molecule has 0 atom stereocenters. The molecule has 0 aliphatic heterocycles. The zero-order valence-electron chi connectivity index (χ0n) is 13.9. The van der Waals surface area contributed by atoms with Gasteiger partial charge in [-0.25, -0.2) is 18.1 Å². The Balaban J connectivity index is 1.47. The van der Waals surface area contributed by atoms with Crippen LogP contribution in [0.25, 0.3) is 0 Å². The molecule has 3 aromatic rings. The zero-order chi connectivity index (χ0) is 18.4. The number of pyridine rings is 1. The van der Waals surface area contributed by atoms with E-state index < -0.39 is 10.0 Å². The molecule has 0 spiro atoms. The van der Waals surface area contributed by atoms with E-state index in [-0.39, 0.29) is 11.4 Å². The van der Waals surface area contributed by atoms with Crippen LogP contribution < -0.4 is 15.4 Å². The highest BCUT2D eigenvalue weighted by atomic mass is 32.2. The van der Waals surface area contributed by atoms with Crippen LogP contribution in [0.4, 0.5) is 17.5 Å². The summed E-state index contributed by atoms with van der Waals surface area (Å²) in [6.07, 6.45) is 3.91. The van der Waals surface area contributed by atoms with Crippen LogP contribution in [0.3, 0.4) is 0 Å². The van der Waals surface area contributed by atoms with Crippen LogP contribution in [-0.4, -0.2) is 41.8 Å². The molecule has 0 aliphatic carbocycles. The molecule has 11 heteroatoms. The van der Waals surface area contributed by atoms with Gasteiger partial charge < -0.3 is 15.2 Å². The van der Waals surface area contributed by atoms with E-state index in [2.05, 4.69) is 40.2 Å². The number of nitrogens with zero attached hydrogens (tertiary/aromatic N) is 4. The molecule has 0 saturated heterocycles. The Labute approximate surface area is 150 Å². The van der Waals surface area contributed by atoms with Crippen LogP contribution in [0.2, 0.25) is 0 Å². The van der Waals surface area contributed by atoms with E-state index in [1.54, 1.807) is 18.3 Å². The smallest absolute Gasteiger partial charge is 0.245 e. The summed E-state index contributed by atoms with van der Waals surface area (Å²) in [6.45, 7) is 2.48. The van der Waals surface area contributed by atoms with Gasteiger partial charge in [0.05, 0.1) is 6.20 Å². The van der Waals surface area contributed by atoms with Crippen molar-refractivity contribution in [2.75, 3.05) is 23.7 Å². The van der Waals surface area contributed by atoms with Gasteiger partial charge in [0.15, 0.2) is 5.82 Å². The Morgan fingerprint density at radius 3 is 2.58 bits per heavy atom. The highest BCUT2D eigenvalue weighted by Crippen LogP contribution is 2.13. The minimum absolute atomic E-state index is 0.0162. The summed E-state index contributed by atoms with van der Waals surface area (Å²) in [4.78, 5) is 4.18. The standard InChI is InChI=1S/C15H17N7O3S/c1-11-4-5-16-15(8-11)20-14-3-2-13(21-22-14)17-6-7-19-26(23,24)12-9-18-25-10-12/h2-5,8-10,19H,6-7H2,1H3,(H,17,21)(H,16,20,22). The predicted octanol–water partition coefficient (Wildman–Crippen LogP) is 1.30. The first-order valence-electron chi connectivity index (χ1n) is 7.69. The average Bonchev–Trinajstić information content (AvgIpc) is 3.16. The van der Waals surface area contributed by atoms with Crippen LogP contribution >= 0.6 is 0 Å². The fourth-order valence-corrected chi connectivity index (χ4v) is 2.91. The van der Waals surface area contributed by atoms with Crippen LogP contribution in [0.15, 0.2) is 52.3 Å². The van der Waals surface area contributed by atoms with Crippen molar-refractivity contribution >= 4 is 27.5 Å². The number of sulfonamides is 1. The zero-order valence-corrected chi connectivity index (χ0v) is 14.7. The van der Waals surface area contributed by atoms with Gasteiger partial charge in [0.1, 0.15) is 22.8 Å². The third-order valence-electron chi connectivity index (χ3n) is 3.28. The molecule has 0 amide bonds. The van der Waals surface area contributed by atoms with Crippen molar-refractivity contribution < 1.29 is 12.9 Å². The van der Waals surface area contributed by atoms with E-state index >= 15 is 0 Å². The molecule has 0 aliphatic rings. The molecule has 0 saturated carbocycles. The molecule has 136 valence electrons. The highest BCUT2D eigenvalue weighted by molar-refractivity contribution is 7.89. The molecule has 26 heavy (non-hydrogen) atoms. The van der Waals surface area contributed by atoms with E-state index in [1.807, 2.05) is 19.1 Å². The van der Waals surface area contributed by atoms with Crippen molar-refractivity contribution in [1.82, 2.24) is 25.1 Å². The Hall–Kier alpha value is -3.05. The molecule has 3 aromatic heterocycles. The normalized spacial score (nSPS) is 11.3. The summed E-state index contributed by atoms with van der Waals surface area (Å²) < 4.78 is 30.7. The SMILES string of the molecule is Cc1ccnc(Nc2ccc(NCCNS(=O)(=O)c3cnoc3)nn2)c1. The number of aryl methyl sites for hydroxylation is 1. The summed E-state index contributed by atoms with van der Waals surface area (Å²) >= 11 is 0. The van der Waals surface area contributed by atoms with Gasteiger partial charge in [-0.05, 0) is 36.8 Å². The van der Waals surface area contributed by atoms with Gasteiger partial charge in [-0.2, -0.15) is 0 Å². The number of anilines is 3. The third kappa shape index (κ3) is 4.74. The lowest BCUT2D eigenvalue weighted by atomic mass is 10.3. The monoisotopic (exact) mass is 375 g/mol.